The molecule has 0 spiro atoms. The van der Waals surface area contributed by atoms with Gasteiger partial charge in [0.2, 0.25) is 0 Å². The second kappa shape index (κ2) is 13.9. The van der Waals surface area contributed by atoms with Crippen LogP contribution in [-0.2, 0) is 34.5 Å². The summed E-state index contributed by atoms with van der Waals surface area (Å²) in [5, 5.41) is 50.5. The highest BCUT2D eigenvalue weighted by molar-refractivity contribution is 5.62. The molecule has 0 saturated heterocycles. The van der Waals surface area contributed by atoms with Gasteiger partial charge < -0.3 is 20.4 Å². The van der Waals surface area contributed by atoms with Gasteiger partial charge >= 0.3 is 0 Å². The van der Waals surface area contributed by atoms with E-state index in [1.54, 1.807) is 0 Å². The normalized spacial score (nSPS) is 17.2. The zero-order valence-corrected chi connectivity index (χ0v) is 38.0. The minimum absolute atomic E-state index is 0.194. The Morgan fingerprint density at radius 2 is 0.500 bits per heavy atom. The van der Waals surface area contributed by atoms with Crippen molar-refractivity contribution in [3.05, 3.63) is 115 Å². The molecular formula is C52H72O4. The van der Waals surface area contributed by atoms with E-state index in [1.165, 1.54) is 0 Å². The number of hydrogen-bond acceptors (Lipinski definition) is 4. The lowest BCUT2D eigenvalue weighted by Crippen LogP contribution is -2.24. The summed E-state index contributed by atoms with van der Waals surface area (Å²) >= 11 is 0. The van der Waals surface area contributed by atoms with Crippen LogP contribution in [0.15, 0.2) is 48.5 Å². The Kier molecular flexibility index (Phi) is 10.7. The molecular weight excluding hydrogens is 689 g/mol. The third-order valence-corrected chi connectivity index (χ3v) is 12.1. The number of aromatic hydroxyl groups is 4. The highest BCUT2D eigenvalue weighted by atomic mass is 16.3. The molecule has 0 aliphatic heterocycles. The molecule has 4 aromatic rings. The monoisotopic (exact) mass is 761 g/mol. The van der Waals surface area contributed by atoms with Gasteiger partial charge in [0.25, 0.3) is 0 Å². The maximum Gasteiger partial charge on any atom is 0.122 e. The van der Waals surface area contributed by atoms with Gasteiger partial charge in [-0.05, 0) is 77.0 Å². The number of hydrogen-bond donors (Lipinski definition) is 4. The van der Waals surface area contributed by atoms with Crippen molar-refractivity contribution in [2.45, 2.75) is 171 Å². The van der Waals surface area contributed by atoms with Crippen LogP contribution in [0.2, 0.25) is 0 Å². The van der Waals surface area contributed by atoms with E-state index in [-0.39, 0.29) is 44.7 Å². The Balaban J connectivity index is 2.09. The van der Waals surface area contributed by atoms with Crippen LogP contribution in [0, 0.1) is 10.8 Å². The highest BCUT2D eigenvalue weighted by Gasteiger charge is 2.39. The standard InChI is InChI=1S/C52H72O4/c1-47(2,3)33-21-29-19-30-22-34(48(4,5)6)27-39(44(30)54)42(52(16,17)18)40-28-36(50(10,11)12)24-32(46(40)56)20-31-23-35(49(7,8)9)26-38(45(31)55)41(51(13,14)15)37(25-33)43(29)53/h21-28,41-42,53-56H,19-20H2,1-18H3. The molecule has 0 radical (unpaired) electrons. The molecule has 4 aromatic carbocycles. The first kappa shape index (κ1) is 43.2. The summed E-state index contributed by atoms with van der Waals surface area (Å²) in [4.78, 5) is 0. The molecule has 8 bridgehead atoms. The molecule has 1 aliphatic rings. The molecule has 304 valence electrons. The summed E-state index contributed by atoms with van der Waals surface area (Å²) in [7, 11) is 0. The number of fused-ring (bicyclic) bond motifs is 8. The van der Waals surface area contributed by atoms with Crippen LogP contribution >= 0.6 is 0 Å². The van der Waals surface area contributed by atoms with Crippen LogP contribution in [0.4, 0.5) is 0 Å². The Hall–Kier alpha value is -3.92. The average Bonchev–Trinajstić information content (AvgIpc) is 3.00. The van der Waals surface area contributed by atoms with Crippen LogP contribution in [0.3, 0.4) is 0 Å². The first-order chi connectivity index (χ1) is 25.2. The van der Waals surface area contributed by atoms with E-state index in [0.29, 0.717) is 12.8 Å². The molecule has 0 heterocycles. The summed E-state index contributed by atoms with van der Waals surface area (Å²) in [5.74, 6) is -0.00647. The van der Waals surface area contributed by atoms with Crippen LogP contribution in [0.1, 0.15) is 203 Å². The lowest BCUT2D eigenvalue weighted by molar-refractivity contribution is 0.333. The smallest absolute Gasteiger partial charge is 0.122 e. The van der Waals surface area contributed by atoms with Crippen molar-refractivity contribution < 1.29 is 20.4 Å². The van der Waals surface area contributed by atoms with E-state index in [4.69, 9.17) is 0 Å². The van der Waals surface area contributed by atoms with E-state index < -0.39 is 22.7 Å². The van der Waals surface area contributed by atoms with Crippen molar-refractivity contribution >= 4 is 0 Å². The first-order valence-electron chi connectivity index (χ1n) is 20.7. The van der Waals surface area contributed by atoms with Gasteiger partial charge in [-0.15, -0.1) is 0 Å². The minimum Gasteiger partial charge on any atom is -0.507 e. The second-order valence-electron chi connectivity index (χ2n) is 23.2. The molecule has 0 atom stereocenters. The Bertz CT molecular complexity index is 1850. The molecule has 0 fully saturated rings. The van der Waals surface area contributed by atoms with Crippen molar-refractivity contribution in [3.63, 3.8) is 0 Å². The molecule has 0 aromatic heterocycles. The lowest BCUT2D eigenvalue weighted by Gasteiger charge is -2.37. The second-order valence-corrected chi connectivity index (χ2v) is 23.2. The van der Waals surface area contributed by atoms with E-state index >= 15 is 0 Å². The van der Waals surface area contributed by atoms with Gasteiger partial charge in [-0.1, -0.05) is 173 Å². The fourth-order valence-electron chi connectivity index (χ4n) is 8.64. The fraction of sp³-hybridized carbons (Fsp3) is 0.538. The molecule has 5 rings (SSSR count). The third-order valence-electron chi connectivity index (χ3n) is 12.1. The van der Waals surface area contributed by atoms with E-state index in [0.717, 1.165) is 66.8 Å². The van der Waals surface area contributed by atoms with E-state index in [9.17, 15) is 20.4 Å². The predicted molar refractivity (Wildman–Crippen MR) is 235 cm³/mol. The molecule has 4 N–H and O–H groups in total. The molecule has 0 saturated carbocycles. The fourth-order valence-corrected chi connectivity index (χ4v) is 8.64. The van der Waals surface area contributed by atoms with Gasteiger partial charge in [-0.3, -0.25) is 0 Å². The van der Waals surface area contributed by atoms with Gasteiger partial charge in [-0.25, -0.2) is 0 Å². The summed E-state index contributed by atoms with van der Waals surface area (Å²) < 4.78 is 0. The summed E-state index contributed by atoms with van der Waals surface area (Å²) in [6, 6.07) is 17.0. The molecule has 4 nitrogen and oxygen atoms in total. The van der Waals surface area contributed by atoms with Crippen LogP contribution in [0.5, 0.6) is 23.0 Å². The SMILES string of the molecule is CC(C)(C)c1cc2c(O)c(c1)C(C(C)(C)C)c1cc(C(C)(C)C)cc(c1O)Cc1cc(C(C)(C)C)cc(c1O)C(C(C)(C)C)c1cc(C(C)(C)C)cc(c1O)C2. The molecule has 0 unspecified atom stereocenters. The van der Waals surface area contributed by atoms with E-state index in [2.05, 4.69) is 173 Å². The maximum atomic E-state index is 12.6. The van der Waals surface area contributed by atoms with Crippen LogP contribution < -0.4 is 0 Å². The van der Waals surface area contributed by atoms with Gasteiger partial charge in [0, 0.05) is 46.9 Å². The lowest BCUT2D eigenvalue weighted by atomic mass is 9.67. The Morgan fingerprint density at radius 3 is 0.643 bits per heavy atom. The zero-order chi connectivity index (χ0) is 42.5. The van der Waals surface area contributed by atoms with Crippen molar-refractivity contribution in [2.24, 2.45) is 10.8 Å². The molecule has 4 heteroatoms. The molecule has 0 amide bonds. The van der Waals surface area contributed by atoms with Crippen molar-refractivity contribution in [3.8, 4) is 23.0 Å². The highest BCUT2D eigenvalue weighted by Crippen LogP contribution is 2.54. The summed E-state index contributed by atoms with van der Waals surface area (Å²) in [5.41, 5.74) is 8.48. The maximum absolute atomic E-state index is 12.6. The minimum atomic E-state index is -0.426. The largest absolute Gasteiger partial charge is 0.507 e. The van der Waals surface area contributed by atoms with Gasteiger partial charge in [-0.2, -0.15) is 0 Å². The third kappa shape index (κ3) is 8.37. The first-order valence-corrected chi connectivity index (χ1v) is 20.7. The average molecular weight is 761 g/mol. The van der Waals surface area contributed by atoms with Crippen molar-refractivity contribution in [1.29, 1.82) is 0 Å². The zero-order valence-electron chi connectivity index (χ0n) is 38.0. The van der Waals surface area contributed by atoms with Crippen LogP contribution in [-0.4, -0.2) is 20.4 Å². The molecule has 56 heavy (non-hydrogen) atoms. The molecule has 1 aliphatic carbocycles. The topological polar surface area (TPSA) is 80.9 Å². The Labute approximate surface area is 339 Å². The quantitative estimate of drug-likeness (QED) is 0.144. The number of benzene rings is 4. The van der Waals surface area contributed by atoms with Gasteiger partial charge in [0.1, 0.15) is 23.0 Å². The van der Waals surface area contributed by atoms with Crippen LogP contribution in [0.25, 0.3) is 0 Å². The van der Waals surface area contributed by atoms with E-state index in [1.807, 2.05) is 0 Å². The number of phenols is 4. The van der Waals surface area contributed by atoms with Gasteiger partial charge in [0.15, 0.2) is 0 Å². The summed E-state index contributed by atoms with van der Waals surface area (Å²) in [6.07, 6.45) is 0.607. The number of phenolic OH excluding ortho intramolecular Hbond substituents is 4. The van der Waals surface area contributed by atoms with Crippen molar-refractivity contribution in [2.75, 3.05) is 0 Å². The van der Waals surface area contributed by atoms with Gasteiger partial charge in [0.05, 0.1) is 0 Å². The predicted octanol–water partition coefficient (Wildman–Crippen LogP) is 13.5. The summed E-state index contributed by atoms with van der Waals surface area (Å²) in [6.45, 7) is 39.3. The number of rotatable bonds is 0. The van der Waals surface area contributed by atoms with Crippen molar-refractivity contribution in [1.82, 2.24) is 0 Å². The Morgan fingerprint density at radius 1 is 0.321 bits per heavy atom.